The Kier molecular flexibility index (Phi) is 4.10. The smallest absolute Gasteiger partial charge is 0.0598 e. The van der Waals surface area contributed by atoms with Gasteiger partial charge in [0.05, 0.1) is 5.60 Å². The van der Waals surface area contributed by atoms with E-state index in [-0.39, 0.29) is 5.60 Å². The van der Waals surface area contributed by atoms with E-state index in [1.54, 1.807) is 0 Å². The summed E-state index contributed by atoms with van der Waals surface area (Å²) in [5, 5.41) is 0. The molecule has 96 valence electrons. The Morgan fingerprint density at radius 1 is 0.938 bits per heavy atom. The summed E-state index contributed by atoms with van der Waals surface area (Å²) in [4.78, 5) is 0. The first kappa shape index (κ1) is 14.0. The molecule has 0 spiro atoms. The van der Waals surface area contributed by atoms with Crippen LogP contribution in [-0.2, 0) is 4.74 Å². The molecule has 0 aliphatic heterocycles. The first-order chi connectivity index (χ1) is 7.12. The molecule has 0 aromatic carbocycles. The summed E-state index contributed by atoms with van der Waals surface area (Å²) in [5.41, 5.74) is 1.17. The van der Waals surface area contributed by atoms with Crippen molar-refractivity contribution >= 4 is 0 Å². The van der Waals surface area contributed by atoms with Gasteiger partial charge < -0.3 is 4.74 Å². The topological polar surface area (TPSA) is 9.23 Å². The molecule has 0 radical (unpaired) electrons. The summed E-state index contributed by atoms with van der Waals surface area (Å²) in [6.07, 6.45) is 6.86. The van der Waals surface area contributed by atoms with E-state index in [9.17, 15) is 0 Å². The first-order valence-electron chi connectivity index (χ1n) is 6.76. The summed E-state index contributed by atoms with van der Waals surface area (Å²) in [6, 6.07) is 0. The van der Waals surface area contributed by atoms with E-state index in [4.69, 9.17) is 4.74 Å². The van der Waals surface area contributed by atoms with Gasteiger partial charge in [-0.05, 0) is 63.7 Å². The number of hydrogen-bond donors (Lipinski definition) is 0. The maximum atomic E-state index is 5.84. The van der Waals surface area contributed by atoms with Crippen LogP contribution < -0.4 is 0 Å². The highest BCUT2D eigenvalue weighted by atomic mass is 16.5. The predicted octanol–water partition coefficient (Wildman–Crippen LogP) is 4.80. The average Bonchev–Trinajstić information content (AvgIpc) is 2.79. The quantitative estimate of drug-likeness (QED) is 0.654. The molecule has 0 aromatic heterocycles. The van der Waals surface area contributed by atoms with Crippen LogP contribution in [0.5, 0.6) is 0 Å². The summed E-state index contributed by atoms with van der Waals surface area (Å²) in [5.74, 6) is 0. The molecular formula is C15H30O. The van der Waals surface area contributed by atoms with E-state index in [0.717, 1.165) is 6.61 Å². The standard InChI is InChI=1S/C15H30O/c1-13(2,3)7-8-15(9-10-15)11-12-16-14(4,5)6/h7-12H2,1-6H3. The fourth-order valence-electron chi connectivity index (χ4n) is 2.02. The van der Waals surface area contributed by atoms with Gasteiger partial charge in [-0.15, -0.1) is 0 Å². The van der Waals surface area contributed by atoms with Crippen molar-refractivity contribution in [1.29, 1.82) is 0 Å². The van der Waals surface area contributed by atoms with Gasteiger partial charge in [-0.2, -0.15) is 0 Å². The van der Waals surface area contributed by atoms with Crippen LogP contribution in [0.4, 0.5) is 0 Å². The van der Waals surface area contributed by atoms with Gasteiger partial charge in [0.25, 0.3) is 0 Å². The molecule has 1 fully saturated rings. The van der Waals surface area contributed by atoms with Crippen LogP contribution in [0, 0.1) is 10.8 Å². The van der Waals surface area contributed by atoms with E-state index >= 15 is 0 Å². The Morgan fingerprint density at radius 3 is 1.88 bits per heavy atom. The molecule has 16 heavy (non-hydrogen) atoms. The lowest BCUT2D eigenvalue weighted by Gasteiger charge is -2.25. The molecule has 1 aliphatic rings. The monoisotopic (exact) mass is 226 g/mol. The van der Waals surface area contributed by atoms with Gasteiger partial charge in [0, 0.05) is 6.61 Å². The van der Waals surface area contributed by atoms with Crippen molar-refractivity contribution in [2.75, 3.05) is 6.61 Å². The molecule has 0 atom stereocenters. The highest BCUT2D eigenvalue weighted by Gasteiger charge is 2.42. The molecule has 0 N–H and O–H groups in total. The van der Waals surface area contributed by atoms with Crippen LogP contribution in [0.15, 0.2) is 0 Å². The lowest BCUT2D eigenvalue weighted by atomic mass is 9.84. The lowest BCUT2D eigenvalue weighted by molar-refractivity contribution is -0.0118. The molecule has 1 nitrogen and oxygen atoms in total. The van der Waals surface area contributed by atoms with Crippen LogP contribution in [0.1, 0.15) is 73.6 Å². The molecule has 1 rings (SSSR count). The first-order valence-corrected chi connectivity index (χ1v) is 6.76. The number of hydrogen-bond acceptors (Lipinski definition) is 1. The van der Waals surface area contributed by atoms with E-state index in [0.29, 0.717) is 10.8 Å². The number of ether oxygens (including phenoxy) is 1. The molecule has 0 bridgehead atoms. The third-order valence-corrected chi connectivity index (χ3v) is 3.53. The molecule has 0 unspecified atom stereocenters. The van der Waals surface area contributed by atoms with Crippen molar-refractivity contribution in [3.63, 3.8) is 0 Å². The molecule has 0 saturated heterocycles. The van der Waals surface area contributed by atoms with E-state index in [1.807, 2.05) is 0 Å². The van der Waals surface area contributed by atoms with Gasteiger partial charge in [0.15, 0.2) is 0 Å². The Labute approximate surface area is 102 Å². The second-order valence-corrected chi connectivity index (χ2v) is 7.77. The molecular weight excluding hydrogens is 196 g/mol. The van der Waals surface area contributed by atoms with Crippen molar-refractivity contribution in [3.05, 3.63) is 0 Å². The molecule has 1 aliphatic carbocycles. The predicted molar refractivity (Wildman–Crippen MR) is 70.7 cm³/mol. The molecule has 1 saturated carbocycles. The minimum absolute atomic E-state index is 0.0279. The molecule has 0 heterocycles. The zero-order chi connectivity index (χ0) is 12.4. The normalized spacial score (nSPS) is 19.9. The van der Waals surface area contributed by atoms with Crippen molar-refractivity contribution in [1.82, 2.24) is 0 Å². The Morgan fingerprint density at radius 2 is 1.50 bits per heavy atom. The van der Waals surface area contributed by atoms with Crippen LogP contribution in [0.2, 0.25) is 0 Å². The molecule has 0 amide bonds. The second-order valence-electron chi connectivity index (χ2n) is 7.77. The minimum Gasteiger partial charge on any atom is -0.376 e. The maximum absolute atomic E-state index is 5.84. The van der Waals surface area contributed by atoms with Gasteiger partial charge in [-0.3, -0.25) is 0 Å². The fraction of sp³-hybridized carbons (Fsp3) is 1.00. The molecule has 0 aromatic rings. The Hall–Kier alpha value is -0.0400. The van der Waals surface area contributed by atoms with Gasteiger partial charge in [-0.25, -0.2) is 0 Å². The van der Waals surface area contributed by atoms with Gasteiger partial charge in [0.2, 0.25) is 0 Å². The summed E-state index contributed by atoms with van der Waals surface area (Å²) >= 11 is 0. The second kappa shape index (κ2) is 4.68. The Balaban J connectivity index is 2.21. The van der Waals surface area contributed by atoms with Crippen LogP contribution in [0.25, 0.3) is 0 Å². The average molecular weight is 226 g/mol. The Bertz CT molecular complexity index is 213. The van der Waals surface area contributed by atoms with Crippen molar-refractivity contribution in [3.8, 4) is 0 Å². The zero-order valence-electron chi connectivity index (χ0n) is 12.2. The van der Waals surface area contributed by atoms with Gasteiger partial charge >= 0.3 is 0 Å². The zero-order valence-corrected chi connectivity index (χ0v) is 12.2. The number of rotatable bonds is 5. The van der Waals surface area contributed by atoms with E-state index in [2.05, 4.69) is 41.5 Å². The van der Waals surface area contributed by atoms with Crippen LogP contribution in [-0.4, -0.2) is 12.2 Å². The minimum atomic E-state index is 0.0279. The van der Waals surface area contributed by atoms with E-state index in [1.165, 1.54) is 32.1 Å². The van der Waals surface area contributed by atoms with Gasteiger partial charge in [-0.1, -0.05) is 20.8 Å². The van der Waals surface area contributed by atoms with E-state index < -0.39 is 0 Å². The highest BCUT2D eigenvalue weighted by molar-refractivity contribution is 4.93. The van der Waals surface area contributed by atoms with Crippen molar-refractivity contribution in [2.45, 2.75) is 79.2 Å². The third kappa shape index (κ3) is 5.89. The van der Waals surface area contributed by atoms with Crippen LogP contribution in [0.3, 0.4) is 0 Å². The lowest BCUT2D eigenvalue weighted by Crippen LogP contribution is -2.21. The maximum Gasteiger partial charge on any atom is 0.0598 e. The molecule has 1 heteroatoms. The van der Waals surface area contributed by atoms with Crippen LogP contribution >= 0.6 is 0 Å². The summed E-state index contributed by atoms with van der Waals surface area (Å²) < 4.78 is 5.84. The SMILES string of the molecule is CC(C)(C)CCC1(CCOC(C)(C)C)CC1. The van der Waals surface area contributed by atoms with Crippen molar-refractivity contribution in [2.24, 2.45) is 10.8 Å². The van der Waals surface area contributed by atoms with Crippen molar-refractivity contribution < 1.29 is 4.74 Å². The summed E-state index contributed by atoms with van der Waals surface area (Å²) in [6.45, 7) is 14.4. The third-order valence-electron chi connectivity index (χ3n) is 3.53. The largest absolute Gasteiger partial charge is 0.376 e. The van der Waals surface area contributed by atoms with Gasteiger partial charge in [0.1, 0.15) is 0 Å². The summed E-state index contributed by atoms with van der Waals surface area (Å²) in [7, 11) is 0. The highest BCUT2D eigenvalue weighted by Crippen LogP contribution is 2.53. The fourth-order valence-corrected chi connectivity index (χ4v) is 2.02.